The Balaban J connectivity index is 2.43. The monoisotopic (exact) mass is 288 g/mol. The van der Waals surface area contributed by atoms with Crippen molar-refractivity contribution in [1.82, 2.24) is 15.1 Å². The van der Waals surface area contributed by atoms with Crippen LogP contribution in [0, 0.1) is 24.0 Å². The van der Waals surface area contributed by atoms with Crippen molar-refractivity contribution < 1.29 is 9.72 Å². The molecule has 0 fully saturated rings. The number of nitro groups is 1. The first kappa shape index (κ1) is 14.7. The number of carbonyl (C=O) groups is 1. The lowest BCUT2D eigenvalue weighted by Gasteiger charge is -2.05. The minimum absolute atomic E-state index is 0.0178. The van der Waals surface area contributed by atoms with Crippen molar-refractivity contribution in [1.29, 1.82) is 0 Å². The number of benzene rings is 1. The SMILES string of the molecule is CCNC(=O)c1c(C)nn(-c2ccc([N+](=O)[O-])cc2)c1C. The zero-order chi connectivity index (χ0) is 15.6. The van der Waals surface area contributed by atoms with Crippen molar-refractivity contribution in [2.45, 2.75) is 20.8 Å². The molecule has 110 valence electrons. The van der Waals surface area contributed by atoms with Crippen LogP contribution in [0.1, 0.15) is 28.7 Å². The number of non-ortho nitro benzene ring substituents is 1. The molecule has 0 bridgehead atoms. The summed E-state index contributed by atoms with van der Waals surface area (Å²) in [5.41, 5.74) is 2.56. The van der Waals surface area contributed by atoms with E-state index in [1.54, 1.807) is 30.7 Å². The maximum Gasteiger partial charge on any atom is 0.269 e. The predicted molar refractivity (Wildman–Crippen MR) is 77.7 cm³/mol. The van der Waals surface area contributed by atoms with Crippen LogP contribution in [0.25, 0.3) is 5.69 Å². The zero-order valence-electron chi connectivity index (χ0n) is 12.1. The number of aromatic nitrogens is 2. The van der Waals surface area contributed by atoms with E-state index >= 15 is 0 Å². The molecule has 2 rings (SSSR count). The fraction of sp³-hybridized carbons (Fsp3) is 0.286. The Kier molecular flexibility index (Phi) is 4.02. The van der Waals surface area contributed by atoms with Crippen molar-refractivity contribution in [3.8, 4) is 5.69 Å². The van der Waals surface area contributed by atoms with Gasteiger partial charge in [0, 0.05) is 18.7 Å². The van der Waals surface area contributed by atoms with Crippen molar-refractivity contribution in [3.63, 3.8) is 0 Å². The summed E-state index contributed by atoms with van der Waals surface area (Å²) in [4.78, 5) is 22.2. The lowest BCUT2D eigenvalue weighted by atomic mass is 10.2. The van der Waals surface area contributed by atoms with Crippen molar-refractivity contribution in [2.75, 3.05) is 6.54 Å². The van der Waals surface area contributed by atoms with Crippen LogP contribution < -0.4 is 5.32 Å². The Morgan fingerprint density at radius 3 is 2.48 bits per heavy atom. The number of hydrogen-bond donors (Lipinski definition) is 1. The van der Waals surface area contributed by atoms with Gasteiger partial charge in [0.2, 0.25) is 0 Å². The molecule has 2 aromatic rings. The molecule has 21 heavy (non-hydrogen) atoms. The van der Waals surface area contributed by atoms with Crippen LogP contribution in [0.3, 0.4) is 0 Å². The van der Waals surface area contributed by atoms with Gasteiger partial charge >= 0.3 is 0 Å². The van der Waals surface area contributed by atoms with Crippen molar-refractivity contribution in [3.05, 3.63) is 51.3 Å². The van der Waals surface area contributed by atoms with E-state index in [2.05, 4.69) is 10.4 Å². The molecule has 1 heterocycles. The summed E-state index contributed by atoms with van der Waals surface area (Å²) in [5, 5.41) is 17.8. The molecule has 1 aromatic heterocycles. The van der Waals surface area contributed by atoms with E-state index in [1.165, 1.54) is 12.1 Å². The van der Waals surface area contributed by atoms with Gasteiger partial charge in [0.05, 0.1) is 27.6 Å². The Bertz CT molecular complexity index is 689. The molecule has 0 aliphatic carbocycles. The highest BCUT2D eigenvalue weighted by Crippen LogP contribution is 2.20. The number of nitrogens with one attached hydrogen (secondary N) is 1. The molecule has 0 saturated heterocycles. The van der Waals surface area contributed by atoms with Crippen molar-refractivity contribution in [2.24, 2.45) is 0 Å². The van der Waals surface area contributed by atoms with Gasteiger partial charge in [0.25, 0.3) is 11.6 Å². The highest BCUT2D eigenvalue weighted by Gasteiger charge is 2.19. The predicted octanol–water partition coefficient (Wildman–Crippen LogP) is 2.15. The van der Waals surface area contributed by atoms with E-state index in [4.69, 9.17) is 0 Å². The Hall–Kier alpha value is -2.70. The third-order valence-corrected chi connectivity index (χ3v) is 3.16. The average molecular weight is 288 g/mol. The summed E-state index contributed by atoms with van der Waals surface area (Å²) in [6, 6.07) is 6.05. The van der Waals surface area contributed by atoms with Crippen LogP contribution in [-0.2, 0) is 0 Å². The van der Waals surface area contributed by atoms with E-state index in [-0.39, 0.29) is 11.6 Å². The summed E-state index contributed by atoms with van der Waals surface area (Å²) in [6.07, 6.45) is 0. The molecule has 0 spiro atoms. The summed E-state index contributed by atoms with van der Waals surface area (Å²) >= 11 is 0. The van der Waals surface area contributed by atoms with Gasteiger partial charge in [0.1, 0.15) is 0 Å². The topological polar surface area (TPSA) is 90.1 Å². The quantitative estimate of drug-likeness (QED) is 0.689. The number of nitrogens with zero attached hydrogens (tertiary/aromatic N) is 3. The third kappa shape index (κ3) is 2.76. The Morgan fingerprint density at radius 1 is 1.33 bits per heavy atom. The average Bonchev–Trinajstić information content (AvgIpc) is 2.74. The Labute approximate surface area is 121 Å². The summed E-state index contributed by atoms with van der Waals surface area (Å²) in [5.74, 6) is -0.166. The number of hydrogen-bond acceptors (Lipinski definition) is 4. The number of nitro benzene ring substituents is 1. The van der Waals surface area contributed by atoms with E-state index in [9.17, 15) is 14.9 Å². The smallest absolute Gasteiger partial charge is 0.269 e. The van der Waals surface area contributed by atoms with E-state index < -0.39 is 4.92 Å². The van der Waals surface area contributed by atoms with Crippen LogP contribution in [0.4, 0.5) is 5.69 Å². The van der Waals surface area contributed by atoms with Gasteiger partial charge in [-0.25, -0.2) is 4.68 Å². The first-order valence-corrected chi connectivity index (χ1v) is 6.55. The fourth-order valence-electron chi connectivity index (χ4n) is 2.19. The lowest BCUT2D eigenvalue weighted by molar-refractivity contribution is -0.384. The molecular formula is C14H16N4O3. The first-order chi connectivity index (χ1) is 9.95. The fourth-order valence-corrected chi connectivity index (χ4v) is 2.19. The maximum atomic E-state index is 12.0. The molecule has 7 nitrogen and oxygen atoms in total. The first-order valence-electron chi connectivity index (χ1n) is 6.55. The summed E-state index contributed by atoms with van der Waals surface area (Å²) in [7, 11) is 0. The summed E-state index contributed by atoms with van der Waals surface area (Å²) in [6.45, 7) is 5.95. The molecule has 7 heteroatoms. The second-order valence-corrected chi connectivity index (χ2v) is 4.59. The van der Waals surface area contributed by atoms with Crippen LogP contribution in [0.2, 0.25) is 0 Å². The molecule has 1 N–H and O–H groups in total. The van der Waals surface area contributed by atoms with Crippen LogP contribution in [0.15, 0.2) is 24.3 Å². The molecule has 0 atom stereocenters. The van der Waals surface area contributed by atoms with Crippen LogP contribution in [0.5, 0.6) is 0 Å². The standard InChI is InChI=1S/C14H16N4O3/c1-4-15-14(19)13-9(2)16-17(10(13)3)11-5-7-12(8-6-11)18(20)21/h5-8H,4H2,1-3H3,(H,15,19). The van der Waals surface area contributed by atoms with Gasteiger partial charge in [-0.2, -0.15) is 5.10 Å². The second-order valence-electron chi connectivity index (χ2n) is 4.59. The lowest BCUT2D eigenvalue weighted by Crippen LogP contribution is -2.23. The third-order valence-electron chi connectivity index (χ3n) is 3.16. The van der Waals surface area contributed by atoms with E-state index in [0.717, 1.165) is 0 Å². The largest absolute Gasteiger partial charge is 0.352 e. The second kappa shape index (κ2) is 5.74. The van der Waals surface area contributed by atoms with Gasteiger partial charge < -0.3 is 5.32 Å². The molecule has 0 unspecified atom stereocenters. The van der Waals surface area contributed by atoms with E-state index in [1.807, 2.05) is 6.92 Å². The summed E-state index contributed by atoms with van der Waals surface area (Å²) < 4.78 is 1.61. The highest BCUT2D eigenvalue weighted by molar-refractivity contribution is 5.96. The van der Waals surface area contributed by atoms with Gasteiger partial charge in [-0.3, -0.25) is 14.9 Å². The van der Waals surface area contributed by atoms with Gasteiger partial charge in [-0.15, -0.1) is 0 Å². The molecule has 1 amide bonds. The minimum Gasteiger partial charge on any atom is -0.352 e. The zero-order valence-corrected chi connectivity index (χ0v) is 12.1. The number of amides is 1. The van der Waals surface area contributed by atoms with E-state index in [0.29, 0.717) is 29.2 Å². The minimum atomic E-state index is -0.453. The molecule has 0 aliphatic heterocycles. The van der Waals surface area contributed by atoms with Crippen molar-refractivity contribution >= 4 is 11.6 Å². The number of aryl methyl sites for hydroxylation is 1. The molecular weight excluding hydrogens is 272 g/mol. The molecule has 1 aromatic carbocycles. The van der Waals surface area contributed by atoms with Crippen LogP contribution >= 0.6 is 0 Å². The van der Waals surface area contributed by atoms with Gasteiger partial charge in [-0.1, -0.05) is 0 Å². The van der Waals surface area contributed by atoms with Gasteiger partial charge in [-0.05, 0) is 32.9 Å². The van der Waals surface area contributed by atoms with Gasteiger partial charge in [0.15, 0.2) is 0 Å². The normalized spacial score (nSPS) is 10.4. The molecule has 0 saturated carbocycles. The molecule has 0 aliphatic rings. The Morgan fingerprint density at radius 2 is 1.95 bits per heavy atom. The molecule has 0 radical (unpaired) electrons. The maximum absolute atomic E-state index is 12.0. The van der Waals surface area contributed by atoms with Crippen LogP contribution in [-0.4, -0.2) is 27.2 Å². The number of rotatable bonds is 4. The number of carbonyl (C=O) groups excluding carboxylic acids is 1. The highest BCUT2D eigenvalue weighted by atomic mass is 16.6.